The van der Waals surface area contributed by atoms with Crippen LogP contribution < -0.4 is 9.80 Å². The van der Waals surface area contributed by atoms with Crippen molar-refractivity contribution in [2.45, 2.75) is 19.3 Å². The lowest BCUT2D eigenvalue weighted by Gasteiger charge is -2.28. The lowest BCUT2D eigenvalue weighted by atomic mass is 10.1. The third-order valence-electron chi connectivity index (χ3n) is 5.66. The van der Waals surface area contributed by atoms with Gasteiger partial charge in [0.1, 0.15) is 23.2 Å². The summed E-state index contributed by atoms with van der Waals surface area (Å²) in [7, 11) is 0. The molecule has 0 bridgehead atoms. The Kier molecular flexibility index (Phi) is 4.23. The minimum Gasteiger partial charge on any atom is -0.509 e. The number of anilines is 2. The highest BCUT2D eigenvalue weighted by Gasteiger charge is 2.31. The molecule has 0 saturated carbocycles. The van der Waals surface area contributed by atoms with Crippen molar-refractivity contribution in [2.24, 2.45) is 0 Å². The van der Waals surface area contributed by atoms with Gasteiger partial charge in [0.15, 0.2) is 0 Å². The van der Waals surface area contributed by atoms with Gasteiger partial charge in [-0.2, -0.15) is 0 Å². The first kappa shape index (κ1) is 17.7. The number of nitrogens with one attached hydrogen (secondary N) is 2. The summed E-state index contributed by atoms with van der Waals surface area (Å²) in [6.07, 6.45) is 3.71. The SMILES string of the molecule is N=C1C(c2nc3ccc(N4CCCCC4)cc3[nH]2)=C(O)CN1c1ccc(F)cc1. The van der Waals surface area contributed by atoms with E-state index in [1.165, 1.54) is 37.1 Å². The standard InChI is InChI=1S/C22H22FN5O/c23-14-4-6-15(7-5-14)28-13-19(29)20(21(28)24)22-25-17-9-8-16(12-18(17)26-22)27-10-2-1-3-11-27/h4-9,12,24,29H,1-3,10-11,13H2,(H,25,26). The van der Waals surface area contributed by atoms with E-state index in [1.54, 1.807) is 17.0 Å². The van der Waals surface area contributed by atoms with Gasteiger partial charge in [0.25, 0.3) is 0 Å². The Bertz CT molecular complexity index is 1110. The summed E-state index contributed by atoms with van der Waals surface area (Å²) < 4.78 is 13.2. The van der Waals surface area contributed by atoms with E-state index in [2.05, 4.69) is 27.0 Å². The number of imidazole rings is 1. The van der Waals surface area contributed by atoms with Gasteiger partial charge in [-0.15, -0.1) is 0 Å². The molecule has 0 radical (unpaired) electrons. The molecule has 2 aliphatic heterocycles. The van der Waals surface area contributed by atoms with Crippen molar-refractivity contribution in [2.75, 3.05) is 29.4 Å². The van der Waals surface area contributed by atoms with E-state index >= 15 is 0 Å². The minimum absolute atomic E-state index is 0.0784. The monoisotopic (exact) mass is 391 g/mol. The van der Waals surface area contributed by atoms with Crippen molar-refractivity contribution in [1.82, 2.24) is 9.97 Å². The number of hydrogen-bond donors (Lipinski definition) is 3. The number of rotatable bonds is 3. The third-order valence-corrected chi connectivity index (χ3v) is 5.66. The minimum atomic E-state index is -0.335. The summed E-state index contributed by atoms with van der Waals surface area (Å²) in [5.74, 6) is 0.362. The molecule has 0 atom stereocenters. The predicted octanol–water partition coefficient (Wildman–Crippen LogP) is 4.46. The fraction of sp³-hybridized carbons (Fsp3) is 0.273. The van der Waals surface area contributed by atoms with Gasteiger partial charge in [-0.05, 0) is 61.7 Å². The van der Waals surface area contributed by atoms with Crippen LogP contribution in [0.4, 0.5) is 15.8 Å². The molecule has 3 heterocycles. The topological polar surface area (TPSA) is 79.2 Å². The Labute approximate surface area is 167 Å². The molecule has 0 spiro atoms. The second-order valence-electron chi connectivity index (χ2n) is 7.57. The smallest absolute Gasteiger partial charge is 0.145 e. The molecule has 3 aromatic rings. The maximum atomic E-state index is 13.2. The normalized spacial score (nSPS) is 17.6. The molecule has 7 heteroatoms. The van der Waals surface area contributed by atoms with E-state index in [4.69, 9.17) is 5.41 Å². The van der Waals surface area contributed by atoms with Gasteiger partial charge < -0.3 is 19.9 Å². The van der Waals surface area contributed by atoms with Crippen LogP contribution in [0.5, 0.6) is 0 Å². The molecule has 1 fully saturated rings. The maximum Gasteiger partial charge on any atom is 0.145 e. The van der Waals surface area contributed by atoms with Crippen LogP contribution in [0.3, 0.4) is 0 Å². The lowest BCUT2D eigenvalue weighted by Crippen LogP contribution is -2.29. The van der Waals surface area contributed by atoms with Gasteiger partial charge in [-0.25, -0.2) is 9.37 Å². The van der Waals surface area contributed by atoms with Crippen LogP contribution in [0.2, 0.25) is 0 Å². The second-order valence-corrected chi connectivity index (χ2v) is 7.57. The molecule has 6 nitrogen and oxygen atoms in total. The summed E-state index contributed by atoms with van der Waals surface area (Å²) >= 11 is 0. The molecule has 29 heavy (non-hydrogen) atoms. The number of halogens is 1. The molecule has 0 amide bonds. The molecule has 0 aliphatic carbocycles. The van der Waals surface area contributed by atoms with Gasteiger partial charge in [0, 0.05) is 24.5 Å². The maximum absolute atomic E-state index is 13.2. The molecule has 2 aliphatic rings. The molecule has 2 aromatic carbocycles. The van der Waals surface area contributed by atoms with Crippen LogP contribution in [0, 0.1) is 11.2 Å². The van der Waals surface area contributed by atoms with E-state index in [1.807, 2.05) is 6.07 Å². The number of aliphatic hydroxyl groups is 1. The van der Waals surface area contributed by atoms with Crippen LogP contribution >= 0.6 is 0 Å². The summed E-state index contributed by atoms with van der Waals surface area (Å²) in [6, 6.07) is 12.0. The molecule has 5 rings (SSSR count). The van der Waals surface area contributed by atoms with Crippen LogP contribution in [-0.2, 0) is 0 Å². The van der Waals surface area contributed by atoms with Crippen molar-refractivity contribution in [3.05, 3.63) is 59.9 Å². The van der Waals surface area contributed by atoms with Crippen LogP contribution in [0.25, 0.3) is 16.6 Å². The van der Waals surface area contributed by atoms with E-state index in [0.29, 0.717) is 17.1 Å². The zero-order valence-corrected chi connectivity index (χ0v) is 16.0. The van der Waals surface area contributed by atoms with Crippen molar-refractivity contribution < 1.29 is 9.50 Å². The van der Waals surface area contributed by atoms with E-state index in [0.717, 1.165) is 24.1 Å². The van der Waals surface area contributed by atoms with Gasteiger partial charge in [-0.3, -0.25) is 5.41 Å². The fourth-order valence-electron chi connectivity index (χ4n) is 4.13. The molecule has 0 unspecified atom stereocenters. The number of piperidine rings is 1. The highest BCUT2D eigenvalue weighted by Crippen LogP contribution is 2.32. The van der Waals surface area contributed by atoms with E-state index < -0.39 is 0 Å². The number of aromatic nitrogens is 2. The Morgan fingerprint density at radius 3 is 2.48 bits per heavy atom. The summed E-state index contributed by atoms with van der Waals surface area (Å²) in [5, 5.41) is 19.1. The molecule has 3 N–H and O–H groups in total. The predicted molar refractivity (Wildman–Crippen MR) is 113 cm³/mol. The summed E-state index contributed by atoms with van der Waals surface area (Å²) in [5.41, 5.74) is 3.89. The first-order chi connectivity index (χ1) is 14.1. The molecule has 1 saturated heterocycles. The number of aliphatic hydroxyl groups excluding tert-OH is 1. The highest BCUT2D eigenvalue weighted by atomic mass is 19.1. The Balaban J connectivity index is 1.45. The van der Waals surface area contributed by atoms with Gasteiger partial charge in [-0.1, -0.05) is 0 Å². The highest BCUT2D eigenvalue weighted by molar-refractivity contribution is 6.30. The Morgan fingerprint density at radius 1 is 1.00 bits per heavy atom. The number of nitrogens with zero attached hydrogens (tertiary/aromatic N) is 3. The quantitative estimate of drug-likeness (QED) is 0.616. The average Bonchev–Trinajstić information content (AvgIpc) is 3.28. The average molecular weight is 391 g/mol. The zero-order chi connectivity index (χ0) is 20.0. The first-order valence-corrected chi connectivity index (χ1v) is 9.89. The van der Waals surface area contributed by atoms with Crippen LogP contribution in [-0.4, -0.2) is 40.5 Å². The Morgan fingerprint density at radius 2 is 1.72 bits per heavy atom. The van der Waals surface area contributed by atoms with E-state index in [-0.39, 0.29) is 24.0 Å². The van der Waals surface area contributed by atoms with Crippen molar-refractivity contribution in [1.29, 1.82) is 5.41 Å². The lowest BCUT2D eigenvalue weighted by molar-refractivity contribution is 0.411. The number of fused-ring (bicyclic) bond motifs is 1. The Hall–Kier alpha value is -3.35. The summed E-state index contributed by atoms with van der Waals surface area (Å²) in [4.78, 5) is 11.9. The largest absolute Gasteiger partial charge is 0.509 e. The number of hydrogen-bond acceptors (Lipinski definition) is 4. The van der Waals surface area contributed by atoms with Crippen molar-refractivity contribution >= 4 is 33.8 Å². The van der Waals surface area contributed by atoms with Crippen LogP contribution in [0.1, 0.15) is 25.1 Å². The number of H-pyrrole nitrogens is 1. The fourth-order valence-corrected chi connectivity index (χ4v) is 4.13. The van der Waals surface area contributed by atoms with Gasteiger partial charge in [0.05, 0.1) is 23.2 Å². The number of aromatic amines is 1. The molecular weight excluding hydrogens is 369 g/mol. The van der Waals surface area contributed by atoms with Crippen molar-refractivity contribution in [3.63, 3.8) is 0 Å². The van der Waals surface area contributed by atoms with Gasteiger partial charge >= 0.3 is 0 Å². The van der Waals surface area contributed by atoms with Crippen molar-refractivity contribution in [3.8, 4) is 0 Å². The first-order valence-electron chi connectivity index (χ1n) is 9.89. The zero-order valence-electron chi connectivity index (χ0n) is 16.0. The van der Waals surface area contributed by atoms with Gasteiger partial charge in [0.2, 0.25) is 0 Å². The molecule has 148 valence electrons. The summed E-state index contributed by atoms with van der Waals surface area (Å²) in [6.45, 7) is 2.29. The molecular formula is C22H22FN5O. The molecule has 1 aromatic heterocycles. The van der Waals surface area contributed by atoms with Crippen LogP contribution in [0.15, 0.2) is 48.2 Å². The third kappa shape index (κ3) is 3.12. The van der Waals surface area contributed by atoms with E-state index in [9.17, 15) is 9.50 Å². The number of amidine groups is 1. The number of benzene rings is 2. The second kappa shape index (κ2) is 6.92.